The molecule has 2 heterocycles. The Labute approximate surface area is 148 Å². The fourth-order valence-electron chi connectivity index (χ4n) is 4.79. The molecular formula is C20H38N2O2. The zero-order valence-electron chi connectivity index (χ0n) is 16.5. The van der Waals surface area contributed by atoms with Crippen molar-refractivity contribution in [3.05, 3.63) is 0 Å². The zero-order chi connectivity index (χ0) is 17.8. The molecule has 2 aliphatic heterocycles. The topological polar surface area (TPSA) is 50.4 Å². The second-order valence-electron chi connectivity index (χ2n) is 9.23. The third-order valence-electron chi connectivity index (χ3n) is 5.28. The molecule has 0 radical (unpaired) electrons. The minimum absolute atomic E-state index is 0.0900. The predicted molar refractivity (Wildman–Crippen MR) is 98.9 cm³/mol. The van der Waals surface area contributed by atoms with E-state index >= 15 is 0 Å². The molecule has 1 spiro atoms. The van der Waals surface area contributed by atoms with E-state index in [4.69, 9.17) is 4.74 Å². The number of hydrogen-bond acceptors (Lipinski definition) is 3. The van der Waals surface area contributed by atoms with Crippen molar-refractivity contribution in [3.63, 3.8) is 0 Å². The van der Waals surface area contributed by atoms with E-state index in [-0.39, 0.29) is 23.2 Å². The Morgan fingerprint density at radius 1 is 0.958 bits per heavy atom. The lowest BCUT2D eigenvalue weighted by atomic mass is 9.72. The maximum absolute atomic E-state index is 12.7. The molecule has 0 saturated carbocycles. The van der Waals surface area contributed by atoms with Gasteiger partial charge in [-0.05, 0) is 40.5 Å². The molecule has 0 aromatic heterocycles. The summed E-state index contributed by atoms with van der Waals surface area (Å²) >= 11 is 0. The molecule has 140 valence electrons. The molecule has 24 heavy (non-hydrogen) atoms. The first-order chi connectivity index (χ1) is 11.2. The Bertz CT molecular complexity index is 415. The van der Waals surface area contributed by atoms with Gasteiger partial charge in [-0.15, -0.1) is 0 Å². The lowest BCUT2D eigenvalue weighted by Crippen LogP contribution is -2.65. The summed E-state index contributed by atoms with van der Waals surface area (Å²) in [6.07, 6.45) is 11.3. The van der Waals surface area contributed by atoms with Crippen molar-refractivity contribution in [1.82, 2.24) is 10.6 Å². The van der Waals surface area contributed by atoms with Crippen LogP contribution in [0.25, 0.3) is 0 Å². The predicted octanol–water partition coefficient (Wildman–Crippen LogP) is 4.28. The fourth-order valence-corrected chi connectivity index (χ4v) is 4.79. The van der Waals surface area contributed by atoms with Gasteiger partial charge in [-0.25, -0.2) is 0 Å². The summed E-state index contributed by atoms with van der Waals surface area (Å²) in [5.41, 5.74) is -0.829. The van der Waals surface area contributed by atoms with Crippen LogP contribution in [0.5, 0.6) is 0 Å². The zero-order valence-corrected chi connectivity index (χ0v) is 16.5. The van der Waals surface area contributed by atoms with E-state index in [0.717, 1.165) is 25.7 Å². The summed E-state index contributed by atoms with van der Waals surface area (Å²) in [4.78, 5) is 12.7. The molecule has 1 unspecified atom stereocenters. The van der Waals surface area contributed by atoms with E-state index in [9.17, 15) is 4.79 Å². The molecule has 0 aliphatic carbocycles. The Morgan fingerprint density at radius 3 is 2.08 bits per heavy atom. The molecule has 2 aliphatic rings. The number of amides is 1. The van der Waals surface area contributed by atoms with Crippen LogP contribution < -0.4 is 10.6 Å². The van der Waals surface area contributed by atoms with Crippen LogP contribution >= 0.6 is 0 Å². The smallest absolute Gasteiger partial charge is 0.254 e. The Balaban J connectivity index is 1.80. The average Bonchev–Trinajstić information content (AvgIpc) is 2.69. The summed E-state index contributed by atoms with van der Waals surface area (Å²) in [5.74, 6) is 0.0955. The van der Waals surface area contributed by atoms with Crippen LogP contribution in [0.15, 0.2) is 0 Å². The van der Waals surface area contributed by atoms with Crippen molar-refractivity contribution >= 4 is 5.91 Å². The number of rotatable bonds is 8. The van der Waals surface area contributed by atoms with Gasteiger partial charge in [0.05, 0.1) is 0 Å². The highest BCUT2D eigenvalue weighted by Gasteiger charge is 2.56. The van der Waals surface area contributed by atoms with E-state index in [0.29, 0.717) is 0 Å². The molecule has 2 saturated heterocycles. The minimum Gasteiger partial charge on any atom is -0.342 e. The van der Waals surface area contributed by atoms with Gasteiger partial charge in [0.2, 0.25) is 0 Å². The van der Waals surface area contributed by atoms with Gasteiger partial charge in [0.1, 0.15) is 6.23 Å². The molecule has 4 heteroatoms. The van der Waals surface area contributed by atoms with Crippen LogP contribution in [0.4, 0.5) is 0 Å². The largest absolute Gasteiger partial charge is 0.342 e. The van der Waals surface area contributed by atoms with Crippen LogP contribution in [0.2, 0.25) is 0 Å². The first-order valence-electron chi connectivity index (χ1n) is 9.96. The molecule has 0 aromatic carbocycles. The van der Waals surface area contributed by atoms with Crippen LogP contribution in [0.1, 0.15) is 98.8 Å². The van der Waals surface area contributed by atoms with Gasteiger partial charge in [0, 0.05) is 23.9 Å². The van der Waals surface area contributed by atoms with Gasteiger partial charge in [-0.1, -0.05) is 45.4 Å². The molecule has 2 N–H and O–H groups in total. The van der Waals surface area contributed by atoms with Crippen LogP contribution in [-0.4, -0.2) is 28.8 Å². The highest BCUT2D eigenvalue weighted by atomic mass is 16.5. The molecular weight excluding hydrogens is 300 g/mol. The van der Waals surface area contributed by atoms with Crippen molar-refractivity contribution in [2.45, 2.75) is 122 Å². The summed E-state index contributed by atoms with van der Waals surface area (Å²) in [6.45, 7) is 10.9. The van der Waals surface area contributed by atoms with Crippen molar-refractivity contribution < 1.29 is 9.53 Å². The molecule has 1 amide bonds. The fraction of sp³-hybridized carbons (Fsp3) is 0.950. The number of unbranched alkanes of at least 4 members (excludes halogenated alkanes) is 6. The number of ether oxygens (including phenoxy) is 1. The minimum atomic E-state index is -0.649. The monoisotopic (exact) mass is 338 g/mol. The first-order valence-corrected chi connectivity index (χ1v) is 9.96. The summed E-state index contributed by atoms with van der Waals surface area (Å²) in [7, 11) is 0. The van der Waals surface area contributed by atoms with E-state index in [1.54, 1.807) is 0 Å². The van der Waals surface area contributed by atoms with Gasteiger partial charge in [-0.3, -0.25) is 4.79 Å². The standard InChI is InChI=1S/C20H38N2O2/c1-6-7-8-9-10-11-12-13-16-21-17(23)20(24-16)14-18(2,3)22-19(4,5)15-20/h16,22H,6-15H2,1-5H3,(H,21,23). The highest BCUT2D eigenvalue weighted by molar-refractivity contribution is 5.87. The molecule has 2 fully saturated rings. The first kappa shape index (κ1) is 19.7. The summed E-state index contributed by atoms with van der Waals surface area (Å²) in [5, 5.41) is 6.75. The Morgan fingerprint density at radius 2 is 1.50 bits per heavy atom. The second kappa shape index (κ2) is 7.74. The van der Waals surface area contributed by atoms with Crippen LogP contribution in [0.3, 0.4) is 0 Å². The highest BCUT2D eigenvalue weighted by Crippen LogP contribution is 2.42. The van der Waals surface area contributed by atoms with Crippen molar-refractivity contribution in [3.8, 4) is 0 Å². The van der Waals surface area contributed by atoms with Crippen molar-refractivity contribution in [2.75, 3.05) is 0 Å². The SMILES string of the molecule is CCCCCCCCCC1NC(=O)C2(CC(C)(C)NC(C)(C)C2)O1. The second-order valence-corrected chi connectivity index (χ2v) is 9.23. The third kappa shape index (κ3) is 5.19. The normalized spacial score (nSPS) is 27.4. The quantitative estimate of drug-likeness (QED) is 0.650. The Kier molecular flexibility index (Phi) is 6.35. The van der Waals surface area contributed by atoms with Gasteiger partial charge in [0.15, 0.2) is 5.60 Å². The summed E-state index contributed by atoms with van der Waals surface area (Å²) in [6, 6.07) is 0. The van der Waals surface area contributed by atoms with E-state index in [1.807, 2.05) is 0 Å². The molecule has 1 atom stereocenters. The van der Waals surface area contributed by atoms with Crippen molar-refractivity contribution in [2.24, 2.45) is 0 Å². The lowest BCUT2D eigenvalue weighted by Gasteiger charge is -2.49. The van der Waals surface area contributed by atoms with E-state index in [1.165, 1.54) is 38.5 Å². The van der Waals surface area contributed by atoms with Crippen molar-refractivity contribution in [1.29, 1.82) is 0 Å². The molecule has 4 nitrogen and oxygen atoms in total. The number of piperidine rings is 1. The van der Waals surface area contributed by atoms with Gasteiger partial charge in [0.25, 0.3) is 5.91 Å². The average molecular weight is 339 g/mol. The van der Waals surface area contributed by atoms with Gasteiger partial charge in [-0.2, -0.15) is 0 Å². The van der Waals surface area contributed by atoms with E-state index < -0.39 is 5.60 Å². The van der Waals surface area contributed by atoms with Crippen LogP contribution in [0, 0.1) is 0 Å². The van der Waals surface area contributed by atoms with E-state index in [2.05, 4.69) is 45.3 Å². The maximum atomic E-state index is 12.7. The molecule has 0 aromatic rings. The van der Waals surface area contributed by atoms with Gasteiger partial charge >= 0.3 is 0 Å². The number of carbonyl (C=O) groups excluding carboxylic acids is 1. The van der Waals surface area contributed by atoms with Gasteiger partial charge < -0.3 is 15.4 Å². The number of carbonyl (C=O) groups is 1. The summed E-state index contributed by atoms with van der Waals surface area (Å²) < 4.78 is 6.32. The van der Waals surface area contributed by atoms with Crippen LogP contribution in [-0.2, 0) is 9.53 Å². The maximum Gasteiger partial charge on any atom is 0.254 e. The lowest BCUT2D eigenvalue weighted by molar-refractivity contribution is -0.146. The number of nitrogens with one attached hydrogen (secondary N) is 2. The Hall–Kier alpha value is -0.610. The third-order valence-corrected chi connectivity index (χ3v) is 5.28. The molecule has 0 bridgehead atoms. The number of hydrogen-bond donors (Lipinski definition) is 2. The molecule has 2 rings (SSSR count).